The number of carbonyl (C=O) groups is 3. The molecule has 0 N–H and O–H groups in total. The number of rotatable bonds is 8. The molecule has 0 unspecified atom stereocenters. The Morgan fingerprint density at radius 2 is 1.03 bits per heavy atom. The first-order valence-electron chi connectivity index (χ1n) is 11.5. The van der Waals surface area contributed by atoms with Gasteiger partial charge in [0.25, 0.3) is 0 Å². The van der Waals surface area contributed by atoms with Crippen LogP contribution in [0.5, 0.6) is 0 Å². The molecule has 0 aromatic heterocycles. The van der Waals surface area contributed by atoms with Crippen LogP contribution in [0.3, 0.4) is 0 Å². The fourth-order valence-corrected chi connectivity index (χ4v) is 3.89. The van der Waals surface area contributed by atoms with Crippen LogP contribution < -0.4 is 0 Å². The van der Waals surface area contributed by atoms with E-state index < -0.39 is 55.3 Å². The van der Waals surface area contributed by atoms with Crippen molar-refractivity contribution in [1.82, 2.24) is 0 Å². The molecule has 9 heteroatoms. The zero-order valence-corrected chi connectivity index (χ0v) is 19.9. The van der Waals surface area contributed by atoms with Crippen LogP contribution in [0.1, 0.15) is 31.1 Å². The Labute approximate surface area is 212 Å². The zero-order valence-electron chi connectivity index (χ0n) is 19.9. The number of methoxy groups -OCH3 is 1. The molecule has 3 aromatic rings. The molecule has 0 amide bonds. The molecule has 0 bridgehead atoms. The van der Waals surface area contributed by atoms with E-state index in [4.69, 9.17) is 23.7 Å². The minimum absolute atomic E-state index is 0.194. The van der Waals surface area contributed by atoms with Crippen molar-refractivity contribution in [1.29, 1.82) is 0 Å². The third kappa shape index (κ3) is 6.19. The number of esters is 3. The maximum Gasteiger partial charge on any atom is 0.338 e. The van der Waals surface area contributed by atoms with Crippen molar-refractivity contribution >= 4 is 17.9 Å². The Morgan fingerprint density at radius 3 is 1.41 bits per heavy atom. The topological polar surface area (TPSA) is 97.4 Å². The second-order valence-corrected chi connectivity index (χ2v) is 8.14. The molecule has 0 spiro atoms. The molecule has 37 heavy (non-hydrogen) atoms. The Hall–Kier alpha value is -4.08. The van der Waals surface area contributed by atoms with Gasteiger partial charge in [-0.25, -0.2) is 18.8 Å². The van der Waals surface area contributed by atoms with Crippen molar-refractivity contribution in [3.8, 4) is 0 Å². The summed E-state index contributed by atoms with van der Waals surface area (Å²) in [5.74, 6) is -2.34. The fourth-order valence-electron chi connectivity index (χ4n) is 3.89. The second-order valence-electron chi connectivity index (χ2n) is 8.14. The van der Waals surface area contributed by atoms with E-state index >= 15 is 0 Å². The number of hydrogen-bond donors (Lipinski definition) is 0. The highest BCUT2D eigenvalue weighted by molar-refractivity contribution is 5.91. The monoisotopic (exact) mass is 508 g/mol. The first kappa shape index (κ1) is 26.0. The number of alkyl halides is 1. The summed E-state index contributed by atoms with van der Waals surface area (Å²) < 4.78 is 42.1. The molecule has 3 aromatic carbocycles. The van der Waals surface area contributed by atoms with Gasteiger partial charge in [-0.2, -0.15) is 0 Å². The van der Waals surface area contributed by atoms with E-state index in [0.29, 0.717) is 0 Å². The summed E-state index contributed by atoms with van der Waals surface area (Å²) in [6.07, 6.45) is -6.97. The van der Waals surface area contributed by atoms with Crippen molar-refractivity contribution in [3.63, 3.8) is 0 Å². The molecule has 0 radical (unpaired) electrons. The van der Waals surface area contributed by atoms with Crippen molar-refractivity contribution in [2.45, 2.75) is 30.7 Å². The van der Waals surface area contributed by atoms with E-state index in [2.05, 4.69) is 0 Å². The Kier molecular flexibility index (Phi) is 8.60. The van der Waals surface area contributed by atoms with Crippen molar-refractivity contribution in [3.05, 3.63) is 108 Å². The normalized spacial score (nSPS) is 23.0. The number of carbonyl (C=O) groups excluding carboxylic acids is 3. The van der Waals surface area contributed by atoms with Gasteiger partial charge in [-0.15, -0.1) is 0 Å². The first-order chi connectivity index (χ1) is 18.0. The van der Waals surface area contributed by atoms with Crippen LogP contribution >= 0.6 is 0 Å². The van der Waals surface area contributed by atoms with Crippen molar-refractivity contribution in [2.24, 2.45) is 0 Å². The quantitative estimate of drug-likeness (QED) is 0.333. The van der Waals surface area contributed by atoms with Crippen LogP contribution in [0.4, 0.5) is 4.39 Å². The molecule has 5 atom stereocenters. The van der Waals surface area contributed by atoms with Gasteiger partial charge in [0.15, 0.2) is 24.6 Å². The third-order valence-electron chi connectivity index (χ3n) is 5.73. The smallest absolute Gasteiger partial charge is 0.338 e. The summed E-state index contributed by atoms with van der Waals surface area (Å²) in [7, 11) is 1.27. The largest absolute Gasteiger partial charge is 0.452 e. The Balaban J connectivity index is 1.69. The summed E-state index contributed by atoms with van der Waals surface area (Å²) in [6.45, 7) is -1.09. The van der Waals surface area contributed by atoms with Crippen LogP contribution in [0, 0.1) is 0 Å². The van der Waals surface area contributed by atoms with Gasteiger partial charge in [0, 0.05) is 7.11 Å². The van der Waals surface area contributed by atoms with Crippen LogP contribution in [-0.2, 0) is 23.7 Å². The summed E-state index contributed by atoms with van der Waals surface area (Å²) in [4.78, 5) is 38.8. The minimum Gasteiger partial charge on any atom is -0.452 e. The number of halogens is 1. The number of hydrogen-bond acceptors (Lipinski definition) is 8. The minimum atomic E-state index is -1.45. The lowest BCUT2D eigenvalue weighted by atomic mass is 9.98. The van der Waals surface area contributed by atoms with Gasteiger partial charge in [0.1, 0.15) is 12.8 Å². The van der Waals surface area contributed by atoms with Gasteiger partial charge in [-0.05, 0) is 36.4 Å². The molecule has 1 saturated heterocycles. The zero-order chi connectivity index (χ0) is 26.2. The molecule has 1 fully saturated rings. The Morgan fingerprint density at radius 1 is 0.649 bits per heavy atom. The molecule has 0 aliphatic carbocycles. The molecular formula is C28H25FO8. The van der Waals surface area contributed by atoms with Gasteiger partial charge in [-0.3, -0.25) is 0 Å². The molecular weight excluding hydrogens is 483 g/mol. The van der Waals surface area contributed by atoms with Gasteiger partial charge in [0.2, 0.25) is 0 Å². The van der Waals surface area contributed by atoms with E-state index in [1.807, 2.05) is 0 Å². The van der Waals surface area contributed by atoms with Gasteiger partial charge in [0.05, 0.1) is 16.7 Å². The van der Waals surface area contributed by atoms with E-state index in [1.54, 1.807) is 54.6 Å². The summed E-state index contributed by atoms with van der Waals surface area (Å²) in [5.41, 5.74) is 0.608. The second kappa shape index (κ2) is 12.2. The molecule has 0 saturated carbocycles. The van der Waals surface area contributed by atoms with E-state index in [1.165, 1.54) is 43.5 Å². The maximum atomic E-state index is 14.2. The van der Waals surface area contributed by atoms with Gasteiger partial charge < -0.3 is 23.7 Å². The predicted molar refractivity (Wildman–Crippen MR) is 129 cm³/mol. The van der Waals surface area contributed by atoms with Crippen LogP contribution in [-0.4, -0.2) is 62.4 Å². The molecule has 192 valence electrons. The van der Waals surface area contributed by atoms with Gasteiger partial charge >= 0.3 is 17.9 Å². The molecule has 1 heterocycles. The lowest BCUT2D eigenvalue weighted by Gasteiger charge is -2.43. The lowest BCUT2D eigenvalue weighted by Crippen LogP contribution is -2.62. The van der Waals surface area contributed by atoms with Crippen molar-refractivity contribution in [2.75, 3.05) is 13.8 Å². The first-order valence-corrected chi connectivity index (χ1v) is 11.5. The lowest BCUT2D eigenvalue weighted by molar-refractivity contribution is -0.289. The average molecular weight is 508 g/mol. The Bertz CT molecular complexity index is 1120. The van der Waals surface area contributed by atoms with Gasteiger partial charge in [-0.1, -0.05) is 54.6 Å². The van der Waals surface area contributed by atoms with Crippen LogP contribution in [0.25, 0.3) is 0 Å². The standard InChI is InChI=1S/C28H25FO8/c1-33-28-24(37-27(32)20-15-9-4-10-16-20)23(36-26(31)19-13-7-3-8-14-19)22(21(17-29)34-28)35-25(30)18-11-5-2-6-12-18/h2-16,21-24,28H,17H2,1H3/t21-,22+,23+,24-,28-/m1/s1. The average Bonchev–Trinajstić information content (AvgIpc) is 2.95. The molecule has 1 aliphatic rings. The van der Waals surface area contributed by atoms with Crippen LogP contribution in [0.2, 0.25) is 0 Å². The number of benzene rings is 3. The highest BCUT2D eigenvalue weighted by Gasteiger charge is 2.53. The predicted octanol–water partition coefficient (Wildman–Crippen LogP) is 4.00. The molecule has 4 rings (SSSR count). The molecule has 1 aliphatic heterocycles. The summed E-state index contributed by atoms with van der Waals surface area (Å²) in [5, 5.41) is 0. The van der Waals surface area contributed by atoms with E-state index in [0.717, 1.165) is 0 Å². The third-order valence-corrected chi connectivity index (χ3v) is 5.73. The SMILES string of the molecule is CO[C@@H]1O[C@H](CF)[C@H](OC(=O)c2ccccc2)[C@H](OC(=O)c2ccccc2)[C@H]1OC(=O)c1ccccc1. The van der Waals surface area contributed by atoms with E-state index in [9.17, 15) is 18.8 Å². The van der Waals surface area contributed by atoms with Crippen LogP contribution in [0.15, 0.2) is 91.0 Å². The highest BCUT2D eigenvalue weighted by Crippen LogP contribution is 2.31. The van der Waals surface area contributed by atoms with E-state index in [-0.39, 0.29) is 16.7 Å². The van der Waals surface area contributed by atoms with Crippen molar-refractivity contribution < 1.29 is 42.5 Å². The maximum absolute atomic E-state index is 14.2. The summed E-state index contributed by atoms with van der Waals surface area (Å²) in [6, 6.07) is 24.2. The number of ether oxygens (including phenoxy) is 5. The molecule has 8 nitrogen and oxygen atoms in total. The fraction of sp³-hybridized carbons (Fsp3) is 0.250. The summed E-state index contributed by atoms with van der Waals surface area (Å²) >= 11 is 0. The highest BCUT2D eigenvalue weighted by atomic mass is 19.1.